The number of carbonyl (C=O) groups is 1. The van der Waals surface area contributed by atoms with E-state index < -0.39 is 6.04 Å². The molecule has 0 aliphatic heterocycles. The van der Waals surface area contributed by atoms with Crippen LogP contribution in [-0.2, 0) is 16.6 Å². The standard InChI is InChI=1S/C13H24N4O2.ClH/c1-6-11(15-13(18)10(14)7-19-5)12-8(2)16-17(4)9(12)3;/h10-11H,6-7,14H2,1-5H3,(H,15,18);1H. The van der Waals surface area contributed by atoms with Gasteiger partial charge in [-0.1, -0.05) is 6.92 Å². The number of methoxy groups -OCH3 is 1. The molecule has 3 N–H and O–H groups in total. The summed E-state index contributed by atoms with van der Waals surface area (Å²) in [6, 6.07) is -0.708. The Morgan fingerprint density at radius 2 is 2.10 bits per heavy atom. The van der Waals surface area contributed by atoms with Crippen LogP contribution in [0.25, 0.3) is 0 Å². The molecule has 1 amide bonds. The molecule has 0 bridgehead atoms. The minimum Gasteiger partial charge on any atom is -0.383 e. The van der Waals surface area contributed by atoms with Gasteiger partial charge in [-0.3, -0.25) is 9.48 Å². The number of nitrogens with two attached hydrogens (primary N) is 1. The van der Waals surface area contributed by atoms with E-state index in [1.54, 1.807) is 0 Å². The van der Waals surface area contributed by atoms with Crippen molar-refractivity contribution in [2.75, 3.05) is 13.7 Å². The summed E-state index contributed by atoms with van der Waals surface area (Å²) in [4.78, 5) is 12.0. The van der Waals surface area contributed by atoms with Crippen molar-refractivity contribution in [3.8, 4) is 0 Å². The van der Waals surface area contributed by atoms with Gasteiger partial charge in [0, 0.05) is 25.4 Å². The normalized spacial score (nSPS) is 13.5. The van der Waals surface area contributed by atoms with Gasteiger partial charge < -0.3 is 15.8 Å². The van der Waals surface area contributed by atoms with Gasteiger partial charge in [0.05, 0.1) is 18.3 Å². The second-order valence-electron chi connectivity index (χ2n) is 4.74. The van der Waals surface area contributed by atoms with Crippen LogP contribution >= 0.6 is 12.4 Å². The third-order valence-corrected chi connectivity index (χ3v) is 3.32. The molecule has 0 aliphatic carbocycles. The maximum atomic E-state index is 12.0. The lowest BCUT2D eigenvalue weighted by atomic mass is 10.0. The predicted octanol–water partition coefficient (Wildman–Crippen LogP) is 1.000. The summed E-state index contributed by atoms with van der Waals surface area (Å²) in [7, 11) is 3.43. The van der Waals surface area contributed by atoms with Crippen LogP contribution in [0.15, 0.2) is 0 Å². The van der Waals surface area contributed by atoms with Gasteiger partial charge >= 0.3 is 0 Å². The van der Waals surface area contributed by atoms with Gasteiger partial charge in [0.2, 0.25) is 5.91 Å². The third kappa shape index (κ3) is 4.19. The molecular weight excluding hydrogens is 280 g/mol. The van der Waals surface area contributed by atoms with Crippen molar-refractivity contribution in [2.24, 2.45) is 12.8 Å². The molecule has 7 heteroatoms. The summed E-state index contributed by atoms with van der Waals surface area (Å²) in [5, 5.41) is 7.34. The number of hydrogen-bond acceptors (Lipinski definition) is 4. The molecule has 0 saturated heterocycles. The molecule has 0 radical (unpaired) electrons. The maximum absolute atomic E-state index is 12.0. The zero-order valence-electron chi connectivity index (χ0n) is 12.8. The number of amides is 1. The third-order valence-electron chi connectivity index (χ3n) is 3.32. The van der Waals surface area contributed by atoms with Gasteiger partial charge in [0.25, 0.3) is 0 Å². The Morgan fingerprint density at radius 3 is 2.50 bits per heavy atom. The summed E-state index contributed by atoms with van der Waals surface area (Å²) in [5.41, 5.74) is 8.80. The number of hydrogen-bond donors (Lipinski definition) is 2. The van der Waals surface area contributed by atoms with Crippen LogP contribution in [0, 0.1) is 13.8 Å². The van der Waals surface area contributed by atoms with Crippen molar-refractivity contribution >= 4 is 18.3 Å². The van der Waals surface area contributed by atoms with E-state index in [2.05, 4.69) is 10.4 Å². The molecule has 116 valence electrons. The van der Waals surface area contributed by atoms with Gasteiger partial charge in [-0.25, -0.2) is 0 Å². The maximum Gasteiger partial charge on any atom is 0.239 e. The van der Waals surface area contributed by atoms with Crippen molar-refractivity contribution in [3.63, 3.8) is 0 Å². The van der Waals surface area contributed by atoms with Gasteiger partial charge in [0.15, 0.2) is 0 Å². The number of halogens is 1. The highest BCUT2D eigenvalue weighted by atomic mass is 35.5. The van der Waals surface area contributed by atoms with Crippen LogP contribution < -0.4 is 11.1 Å². The van der Waals surface area contributed by atoms with Gasteiger partial charge in [-0.15, -0.1) is 12.4 Å². The number of ether oxygens (including phenoxy) is 1. The first-order valence-electron chi connectivity index (χ1n) is 6.47. The van der Waals surface area contributed by atoms with E-state index in [1.165, 1.54) is 7.11 Å². The Hall–Kier alpha value is -1.11. The molecule has 0 aromatic carbocycles. The first-order valence-corrected chi connectivity index (χ1v) is 6.47. The van der Waals surface area contributed by atoms with E-state index in [0.29, 0.717) is 0 Å². The molecule has 20 heavy (non-hydrogen) atoms. The minimum absolute atomic E-state index is 0. The summed E-state index contributed by atoms with van der Waals surface area (Å²) < 4.78 is 6.72. The number of carbonyl (C=O) groups excluding carboxylic acids is 1. The fourth-order valence-electron chi connectivity index (χ4n) is 2.21. The molecule has 2 unspecified atom stereocenters. The van der Waals surface area contributed by atoms with E-state index in [-0.39, 0.29) is 31.0 Å². The first-order chi connectivity index (χ1) is 8.92. The largest absolute Gasteiger partial charge is 0.383 e. The zero-order chi connectivity index (χ0) is 14.6. The Balaban J connectivity index is 0.00000361. The van der Waals surface area contributed by atoms with Gasteiger partial charge in [-0.05, 0) is 20.3 Å². The Kier molecular flexibility index (Phi) is 7.78. The quantitative estimate of drug-likeness (QED) is 0.821. The van der Waals surface area contributed by atoms with Gasteiger partial charge in [-0.2, -0.15) is 5.10 Å². The molecular formula is C13H25ClN4O2. The average molecular weight is 305 g/mol. The summed E-state index contributed by atoms with van der Waals surface area (Å²) in [6.07, 6.45) is 0.790. The molecule has 0 spiro atoms. The highest BCUT2D eigenvalue weighted by Crippen LogP contribution is 2.23. The van der Waals surface area contributed by atoms with Crippen LogP contribution in [0.5, 0.6) is 0 Å². The van der Waals surface area contributed by atoms with Crippen LogP contribution in [0.3, 0.4) is 0 Å². The lowest BCUT2D eigenvalue weighted by molar-refractivity contribution is -0.124. The SMILES string of the molecule is CCC(NC(=O)C(N)COC)c1c(C)nn(C)c1C.Cl. The number of nitrogens with one attached hydrogen (secondary N) is 1. The molecule has 0 fully saturated rings. The molecule has 0 aliphatic rings. The fraction of sp³-hybridized carbons (Fsp3) is 0.692. The van der Waals surface area contributed by atoms with Crippen LogP contribution in [-0.4, -0.2) is 35.4 Å². The average Bonchev–Trinajstić information content (AvgIpc) is 2.61. The monoisotopic (exact) mass is 304 g/mol. The smallest absolute Gasteiger partial charge is 0.239 e. The molecule has 0 saturated carbocycles. The number of aromatic nitrogens is 2. The molecule has 1 aromatic rings. The topological polar surface area (TPSA) is 82.2 Å². The van der Waals surface area contributed by atoms with Crippen molar-refractivity contribution in [3.05, 3.63) is 17.0 Å². The highest BCUT2D eigenvalue weighted by molar-refractivity contribution is 5.85. The number of nitrogens with zero attached hydrogens (tertiary/aromatic N) is 2. The first kappa shape index (κ1) is 18.9. The van der Waals surface area contributed by atoms with Crippen LogP contribution in [0.2, 0.25) is 0 Å². The van der Waals surface area contributed by atoms with Crippen LogP contribution in [0.1, 0.15) is 36.3 Å². The Morgan fingerprint density at radius 1 is 1.50 bits per heavy atom. The van der Waals surface area contributed by atoms with E-state index in [1.807, 2.05) is 32.5 Å². The second-order valence-corrected chi connectivity index (χ2v) is 4.74. The summed E-state index contributed by atoms with van der Waals surface area (Å²) in [5.74, 6) is -0.198. The van der Waals surface area contributed by atoms with Crippen molar-refractivity contribution in [1.29, 1.82) is 0 Å². The van der Waals surface area contributed by atoms with E-state index >= 15 is 0 Å². The Labute approximate surface area is 126 Å². The van der Waals surface area contributed by atoms with Crippen molar-refractivity contribution in [1.82, 2.24) is 15.1 Å². The lowest BCUT2D eigenvalue weighted by Gasteiger charge is -2.20. The highest BCUT2D eigenvalue weighted by Gasteiger charge is 2.22. The molecule has 1 heterocycles. The van der Waals surface area contributed by atoms with E-state index in [0.717, 1.165) is 23.4 Å². The molecule has 2 atom stereocenters. The molecule has 1 aromatic heterocycles. The van der Waals surface area contributed by atoms with Crippen LogP contribution in [0.4, 0.5) is 0 Å². The fourth-order valence-corrected chi connectivity index (χ4v) is 2.21. The minimum atomic E-state index is -0.642. The molecule has 6 nitrogen and oxygen atoms in total. The molecule has 1 rings (SSSR count). The Bertz CT molecular complexity index is 448. The lowest BCUT2D eigenvalue weighted by Crippen LogP contribution is -2.44. The predicted molar refractivity (Wildman–Crippen MR) is 81.0 cm³/mol. The number of rotatable bonds is 6. The van der Waals surface area contributed by atoms with E-state index in [9.17, 15) is 4.79 Å². The van der Waals surface area contributed by atoms with E-state index in [4.69, 9.17) is 10.5 Å². The zero-order valence-corrected chi connectivity index (χ0v) is 13.6. The summed E-state index contributed by atoms with van der Waals surface area (Å²) in [6.45, 7) is 6.19. The summed E-state index contributed by atoms with van der Waals surface area (Å²) >= 11 is 0. The number of aryl methyl sites for hydroxylation is 2. The van der Waals surface area contributed by atoms with Crippen molar-refractivity contribution < 1.29 is 9.53 Å². The van der Waals surface area contributed by atoms with Gasteiger partial charge in [0.1, 0.15) is 6.04 Å². The second kappa shape index (κ2) is 8.24. The van der Waals surface area contributed by atoms with Crippen molar-refractivity contribution in [2.45, 2.75) is 39.3 Å².